The number of aliphatic hydroxyl groups is 2. The monoisotopic (exact) mass is 531 g/mol. The number of hydrogen-bond acceptors (Lipinski definition) is 5. The molecule has 0 bridgehead atoms. The summed E-state index contributed by atoms with van der Waals surface area (Å²) in [4.78, 5) is 2.25. The molecule has 0 aliphatic heterocycles. The number of rotatable bonds is 11. The second kappa shape index (κ2) is 13.0. The maximum absolute atomic E-state index is 8.97. The van der Waals surface area contributed by atoms with E-state index in [9.17, 15) is 0 Å². The number of nitrogens with zero attached hydrogens (tertiary/aromatic N) is 1. The lowest BCUT2D eigenvalue weighted by Crippen LogP contribution is -2.09. The van der Waals surface area contributed by atoms with Crippen LogP contribution in [0, 0.1) is 6.92 Å². The number of aryl methyl sites for hydroxylation is 1. The van der Waals surface area contributed by atoms with Crippen LogP contribution in [0.25, 0.3) is 22.3 Å². The molecule has 0 aromatic heterocycles. The van der Waals surface area contributed by atoms with Gasteiger partial charge in [-0.2, -0.15) is 0 Å². The molecule has 0 heterocycles. The number of benzene rings is 5. The minimum Gasteiger partial charge on any atom is -0.491 e. The van der Waals surface area contributed by atoms with E-state index in [0.29, 0.717) is 0 Å². The lowest BCUT2D eigenvalue weighted by Gasteiger charge is -2.26. The molecule has 0 fully saturated rings. The van der Waals surface area contributed by atoms with Gasteiger partial charge in [-0.15, -0.1) is 0 Å². The summed E-state index contributed by atoms with van der Waals surface area (Å²) >= 11 is 0. The summed E-state index contributed by atoms with van der Waals surface area (Å²) in [7, 11) is 0. The highest BCUT2D eigenvalue weighted by molar-refractivity contribution is 5.80. The Kier molecular flexibility index (Phi) is 8.76. The summed E-state index contributed by atoms with van der Waals surface area (Å²) in [6.07, 6.45) is 0. The first kappa shape index (κ1) is 27.0. The minimum atomic E-state index is -0.00191. The highest BCUT2D eigenvalue weighted by atomic mass is 16.5. The SMILES string of the molecule is Cc1ccc(N(c2ccc(-c3ccc(OCCO)cc3)cc2)c2ccc(-c3ccc(OCCO)cc3)cc2)cc1. The Labute approximate surface area is 235 Å². The third kappa shape index (κ3) is 6.52. The molecule has 0 radical (unpaired) electrons. The fourth-order valence-corrected chi connectivity index (χ4v) is 4.56. The molecule has 5 rings (SSSR count). The van der Waals surface area contributed by atoms with Crippen LogP contribution in [0.2, 0.25) is 0 Å². The molecule has 5 heteroatoms. The topological polar surface area (TPSA) is 62.2 Å². The van der Waals surface area contributed by atoms with Gasteiger partial charge in [0.25, 0.3) is 0 Å². The summed E-state index contributed by atoms with van der Waals surface area (Å²) in [6, 6.07) is 41.5. The average Bonchev–Trinajstić information content (AvgIpc) is 3.01. The van der Waals surface area contributed by atoms with Crippen molar-refractivity contribution in [3.05, 3.63) is 127 Å². The standard InChI is InChI=1S/C35H33NO4/c1-26-2-12-31(13-3-26)36(32-14-4-27(5-15-32)29-8-18-34(19-9-29)39-24-22-37)33-16-6-28(7-17-33)30-10-20-35(21-11-30)40-25-23-38/h2-21,37-38H,22-25H2,1H3. The van der Waals surface area contributed by atoms with Crippen molar-refractivity contribution in [2.75, 3.05) is 31.3 Å². The van der Waals surface area contributed by atoms with Gasteiger partial charge in [0.1, 0.15) is 24.7 Å². The molecule has 0 saturated carbocycles. The Bertz CT molecular complexity index is 1380. The fraction of sp³-hybridized carbons (Fsp3) is 0.143. The van der Waals surface area contributed by atoms with Crippen LogP contribution in [0.15, 0.2) is 121 Å². The molecule has 0 atom stereocenters. The van der Waals surface area contributed by atoms with Crippen LogP contribution in [0.4, 0.5) is 17.1 Å². The molecule has 5 aromatic carbocycles. The summed E-state index contributed by atoms with van der Waals surface area (Å²) in [5, 5.41) is 17.9. The predicted molar refractivity (Wildman–Crippen MR) is 162 cm³/mol. The van der Waals surface area contributed by atoms with Gasteiger partial charge in [0.2, 0.25) is 0 Å². The van der Waals surface area contributed by atoms with Crippen molar-refractivity contribution in [2.45, 2.75) is 6.92 Å². The van der Waals surface area contributed by atoms with Gasteiger partial charge in [-0.05, 0) is 89.8 Å². The van der Waals surface area contributed by atoms with Crippen LogP contribution in [-0.4, -0.2) is 36.6 Å². The molecule has 0 aliphatic rings. The van der Waals surface area contributed by atoms with Gasteiger partial charge >= 0.3 is 0 Å². The van der Waals surface area contributed by atoms with E-state index in [4.69, 9.17) is 19.7 Å². The van der Waals surface area contributed by atoms with Crippen molar-refractivity contribution in [1.82, 2.24) is 0 Å². The number of aliphatic hydroxyl groups excluding tert-OH is 2. The molecule has 0 aliphatic carbocycles. The summed E-state index contributed by atoms with van der Waals surface area (Å²) in [5.41, 5.74) is 8.85. The molecule has 0 amide bonds. The van der Waals surface area contributed by atoms with Gasteiger partial charge in [0, 0.05) is 17.1 Å². The third-order valence-corrected chi connectivity index (χ3v) is 6.64. The van der Waals surface area contributed by atoms with Gasteiger partial charge in [0.15, 0.2) is 0 Å². The molecule has 0 unspecified atom stereocenters. The minimum absolute atomic E-state index is 0.00191. The first-order chi connectivity index (χ1) is 19.6. The van der Waals surface area contributed by atoms with E-state index in [-0.39, 0.29) is 26.4 Å². The van der Waals surface area contributed by atoms with E-state index < -0.39 is 0 Å². The number of anilines is 3. The van der Waals surface area contributed by atoms with Crippen LogP contribution in [0.5, 0.6) is 11.5 Å². The van der Waals surface area contributed by atoms with E-state index in [1.165, 1.54) is 5.56 Å². The lowest BCUT2D eigenvalue weighted by molar-refractivity contribution is 0.201. The molecule has 202 valence electrons. The molecule has 40 heavy (non-hydrogen) atoms. The van der Waals surface area contributed by atoms with E-state index in [1.54, 1.807) is 0 Å². The molecule has 5 aromatic rings. The zero-order chi connectivity index (χ0) is 27.7. The van der Waals surface area contributed by atoms with Crippen molar-refractivity contribution >= 4 is 17.1 Å². The van der Waals surface area contributed by atoms with Crippen LogP contribution in [-0.2, 0) is 0 Å². The molecule has 5 nitrogen and oxygen atoms in total. The van der Waals surface area contributed by atoms with Crippen LogP contribution in [0.3, 0.4) is 0 Å². The molecular formula is C35H33NO4. The highest BCUT2D eigenvalue weighted by Crippen LogP contribution is 2.37. The largest absolute Gasteiger partial charge is 0.491 e. The van der Waals surface area contributed by atoms with E-state index in [2.05, 4.69) is 84.6 Å². The third-order valence-electron chi connectivity index (χ3n) is 6.64. The summed E-state index contributed by atoms with van der Waals surface area (Å²) < 4.78 is 11.0. The summed E-state index contributed by atoms with van der Waals surface area (Å²) in [5.74, 6) is 1.49. The van der Waals surface area contributed by atoms with Crippen molar-refractivity contribution in [3.8, 4) is 33.8 Å². The Morgan fingerprint density at radius 3 is 1.07 bits per heavy atom. The van der Waals surface area contributed by atoms with Crippen LogP contribution < -0.4 is 14.4 Å². The fourth-order valence-electron chi connectivity index (χ4n) is 4.56. The molecule has 2 N–H and O–H groups in total. The predicted octanol–water partition coefficient (Wildman–Crippen LogP) is 7.54. The van der Waals surface area contributed by atoms with Gasteiger partial charge < -0.3 is 24.6 Å². The van der Waals surface area contributed by atoms with Crippen LogP contribution >= 0.6 is 0 Å². The second-order valence-corrected chi connectivity index (χ2v) is 9.46. The maximum Gasteiger partial charge on any atom is 0.119 e. The van der Waals surface area contributed by atoms with Crippen molar-refractivity contribution in [2.24, 2.45) is 0 Å². The highest BCUT2D eigenvalue weighted by Gasteiger charge is 2.13. The Morgan fingerprint density at radius 1 is 0.450 bits per heavy atom. The van der Waals surface area contributed by atoms with Crippen molar-refractivity contribution < 1.29 is 19.7 Å². The van der Waals surface area contributed by atoms with Crippen molar-refractivity contribution in [3.63, 3.8) is 0 Å². The van der Waals surface area contributed by atoms with Gasteiger partial charge in [0.05, 0.1) is 13.2 Å². The normalized spacial score (nSPS) is 10.8. The van der Waals surface area contributed by atoms with Gasteiger partial charge in [-0.1, -0.05) is 66.2 Å². The number of hydrogen-bond donors (Lipinski definition) is 2. The van der Waals surface area contributed by atoms with Gasteiger partial charge in [-0.25, -0.2) is 0 Å². The zero-order valence-electron chi connectivity index (χ0n) is 22.5. The first-order valence-electron chi connectivity index (χ1n) is 13.4. The Balaban J connectivity index is 1.41. The van der Waals surface area contributed by atoms with Gasteiger partial charge in [-0.3, -0.25) is 0 Å². The second-order valence-electron chi connectivity index (χ2n) is 9.46. The molecule has 0 saturated heterocycles. The smallest absolute Gasteiger partial charge is 0.119 e. The Hall–Kier alpha value is -4.58. The molecular weight excluding hydrogens is 498 g/mol. The molecule has 0 spiro atoms. The van der Waals surface area contributed by atoms with Crippen LogP contribution in [0.1, 0.15) is 5.56 Å². The Morgan fingerprint density at radius 2 is 0.750 bits per heavy atom. The lowest BCUT2D eigenvalue weighted by atomic mass is 10.0. The van der Waals surface area contributed by atoms with Crippen molar-refractivity contribution in [1.29, 1.82) is 0 Å². The average molecular weight is 532 g/mol. The van der Waals surface area contributed by atoms with E-state index in [1.807, 2.05) is 48.5 Å². The zero-order valence-corrected chi connectivity index (χ0v) is 22.5. The number of ether oxygens (including phenoxy) is 2. The van der Waals surface area contributed by atoms with E-state index in [0.717, 1.165) is 50.8 Å². The first-order valence-corrected chi connectivity index (χ1v) is 13.4. The summed E-state index contributed by atoms with van der Waals surface area (Å²) in [6.45, 7) is 2.67. The quantitative estimate of drug-likeness (QED) is 0.184. The van der Waals surface area contributed by atoms with E-state index >= 15 is 0 Å². The maximum atomic E-state index is 8.97.